The topological polar surface area (TPSA) is 37.0 Å². The van der Waals surface area contributed by atoms with Crippen LogP contribution in [0.25, 0.3) is 0 Å². The highest BCUT2D eigenvalue weighted by Crippen LogP contribution is 2.63. The van der Waals surface area contributed by atoms with Gasteiger partial charge in [-0.05, 0) is 179 Å². The summed E-state index contributed by atoms with van der Waals surface area (Å²) < 4.78 is 0. The van der Waals surface area contributed by atoms with Crippen LogP contribution < -0.4 is 10.6 Å². The maximum absolute atomic E-state index is 3.98. The van der Waals surface area contributed by atoms with Crippen LogP contribution in [-0.4, -0.2) is 101 Å². The van der Waals surface area contributed by atoms with E-state index >= 15 is 0 Å². The second-order valence-electron chi connectivity index (χ2n) is 20.2. The molecule has 11 aliphatic rings. The minimum absolute atomic E-state index is 0.316. The molecule has 1 aliphatic heterocycles. The average Bonchev–Trinajstić information content (AvgIpc) is 2.99. The number of hydrogen-bond acceptors (Lipinski definition) is 6. The van der Waals surface area contributed by atoms with E-state index in [2.05, 4.69) is 72.3 Å². The van der Waals surface area contributed by atoms with Gasteiger partial charge in [0.25, 0.3) is 0 Å². The molecule has 11 rings (SSSR count). The van der Waals surface area contributed by atoms with Crippen LogP contribution >= 0.6 is 0 Å². The number of nitrogens with zero attached hydrogens (tertiary/aromatic N) is 4. The standard InChI is InChI=1S/C39H68N6/c1-7-36(16-29-8-28(2)11-37(17-29,24-36)42(5)6)43-25-44(38-18-30-9-31(19-38)13-34(12-30,22-38)40-3)27-45(26-43)39-20-32-10-33(21-39)15-35(14-32,23-39)41-4/h28-33,40-41H,7-27H2,1-6H3. The van der Waals surface area contributed by atoms with E-state index in [-0.39, 0.29) is 0 Å². The Kier molecular flexibility index (Phi) is 6.95. The summed E-state index contributed by atoms with van der Waals surface area (Å²) in [5.41, 5.74) is 2.25. The molecule has 0 amide bonds. The van der Waals surface area contributed by atoms with Crippen molar-refractivity contribution in [2.24, 2.45) is 35.5 Å². The van der Waals surface area contributed by atoms with Crippen LogP contribution in [-0.2, 0) is 0 Å². The van der Waals surface area contributed by atoms with Crippen molar-refractivity contribution in [2.75, 3.05) is 48.2 Å². The van der Waals surface area contributed by atoms with Crippen LogP contribution in [0.15, 0.2) is 0 Å². The molecule has 45 heavy (non-hydrogen) atoms. The molecule has 0 aromatic rings. The Morgan fingerprint density at radius 3 is 1.49 bits per heavy atom. The molecule has 6 heteroatoms. The molecule has 254 valence electrons. The van der Waals surface area contributed by atoms with Gasteiger partial charge in [0.05, 0.1) is 20.0 Å². The summed E-state index contributed by atoms with van der Waals surface area (Å²) >= 11 is 0. The SMILES string of the molecule is CCC1(N2CN(C34CC5CC(CC(NC)(C5)C3)C4)CN(C34CC5CC(CC(NC)(C5)C3)C4)C2)CC2CC(C)CC(N(C)C)(C2)C1. The first-order chi connectivity index (χ1) is 21.5. The number of rotatable bonds is 7. The van der Waals surface area contributed by atoms with E-state index in [0.717, 1.165) is 35.5 Å². The zero-order valence-electron chi connectivity index (χ0n) is 30.1. The van der Waals surface area contributed by atoms with Gasteiger partial charge < -0.3 is 15.5 Å². The molecular formula is C39H68N6. The Morgan fingerprint density at radius 2 is 1.04 bits per heavy atom. The normalized spacial score (nSPS) is 56.1. The highest BCUT2D eigenvalue weighted by molar-refractivity contribution is 5.20. The molecular weight excluding hydrogens is 552 g/mol. The predicted molar refractivity (Wildman–Crippen MR) is 184 cm³/mol. The van der Waals surface area contributed by atoms with Gasteiger partial charge in [-0.2, -0.15) is 0 Å². The maximum Gasteiger partial charge on any atom is 0.0541 e. The molecule has 11 fully saturated rings. The fourth-order valence-electron chi connectivity index (χ4n) is 16.2. The third-order valence-corrected chi connectivity index (χ3v) is 17.2. The monoisotopic (exact) mass is 621 g/mol. The van der Waals surface area contributed by atoms with E-state index in [9.17, 15) is 0 Å². The molecule has 8 atom stereocenters. The van der Waals surface area contributed by atoms with Gasteiger partial charge in [0.2, 0.25) is 0 Å². The molecule has 1 heterocycles. The van der Waals surface area contributed by atoms with E-state index in [1.54, 1.807) is 0 Å². The highest BCUT2D eigenvalue weighted by atomic mass is 15.5. The molecule has 10 bridgehead atoms. The Hall–Kier alpha value is -0.240. The maximum atomic E-state index is 3.98. The van der Waals surface area contributed by atoms with Crippen molar-refractivity contribution in [3.05, 3.63) is 0 Å². The van der Waals surface area contributed by atoms with Crippen molar-refractivity contribution >= 4 is 0 Å². The quantitative estimate of drug-likeness (QED) is 0.360. The van der Waals surface area contributed by atoms with Crippen molar-refractivity contribution < 1.29 is 0 Å². The third-order valence-electron chi connectivity index (χ3n) is 17.2. The molecule has 10 saturated carbocycles. The molecule has 8 unspecified atom stereocenters. The van der Waals surface area contributed by atoms with Gasteiger partial charge in [0.15, 0.2) is 0 Å². The lowest BCUT2D eigenvalue weighted by Gasteiger charge is -2.71. The summed E-state index contributed by atoms with van der Waals surface area (Å²) in [6.45, 7) is 8.81. The molecule has 1 saturated heterocycles. The highest BCUT2D eigenvalue weighted by Gasteiger charge is 2.64. The first-order valence-electron chi connectivity index (χ1n) is 19.8. The minimum Gasteiger partial charge on any atom is -0.314 e. The van der Waals surface area contributed by atoms with E-state index < -0.39 is 0 Å². The van der Waals surface area contributed by atoms with Gasteiger partial charge in [-0.1, -0.05) is 13.8 Å². The first-order valence-corrected chi connectivity index (χ1v) is 19.8. The van der Waals surface area contributed by atoms with E-state index in [4.69, 9.17) is 0 Å². The second kappa shape index (κ2) is 10.2. The summed E-state index contributed by atoms with van der Waals surface area (Å²) in [5, 5.41) is 7.96. The van der Waals surface area contributed by atoms with Crippen molar-refractivity contribution in [2.45, 2.75) is 163 Å². The fraction of sp³-hybridized carbons (Fsp3) is 1.00. The van der Waals surface area contributed by atoms with Crippen LogP contribution in [0.4, 0.5) is 0 Å². The fourth-order valence-corrected chi connectivity index (χ4v) is 16.2. The minimum atomic E-state index is 0.316. The van der Waals surface area contributed by atoms with Gasteiger partial charge in [-0.15, -0.1) is 0 Å². The van der Waals surface area contributed by atoms with Gasteiger partial charge in [0.1, 0.15) is 0 Å². The van der Waals surface area contributed by atoms with Gasteiger partial charge in [-0.25, -0.2) is 0 Å². The lowest BCUT2D eigenvalue weighted by atomic mass is 9.49. The summed E-state index contributed by atoms with van der Waals surface area (Å²) in [7, 11) is 9.46. The Bertz CT molecular complexity index is 1080. The van der Waals surface area contributed by atoms with E-state index in [1.807, 2.05) is 0 Å². The zero-order valence-corrected chi connectivity index (χ0v) is 30.1. The molecule has 0 aromatic carbocycles. The van der Waals surface area contributed by atoms with Crippen LogP contribution in [0.3, 0.4) is 0 Å². The molecule has 0 radical (unpaired) electrons. The molecule has 0 aromatic heterocycles. The summed E-state index contributed by atoms with van der Waals surface area (Å²) in [4.78, 5) is 12.2. The summed E-state index contributed by atoms with van der Waals surface area (Å²) in [5.74, 6) is 5.48. The van der Waals surface area contributed by atoms with Gasteiger partial charge >= 0.3 is 0 Å². The molecule has 6 nitrogen and oxygen atoms in total. The largest absolute Gasteiger partial charge is 0.314 e. The van der Waals surface area contributed by atoms with Crippen LogP contribution in [0, 0.1) is 35.5 Å². The third kappa shape index (κ3) is 4.53. The van der Waals surface area contributed by atoms with Gasteiger partial charge in [0, 0.05) is 33.2 Å². The smallest absolute Gasteiger partial charge is 0.0541 e. The number of nitrogens with one attached hydrogen (secondary N) is 2. The summed E-state index contributed by atoms with van der Waals surface area (Å²) in [6, 6.07) is 0. The molecule has 10 aliphatic carbocycles. The van der Waals surface area contributed by atoms with Crippen LogP contribution in [0.5, 0.6) is 0 Å². The van der Waals surface area contributed by atoms with Crippen molar-refractivity contribution in [3.63, 3.8) is 0 Å². The van der Waals surface area contributed by atoms with Crippen molar-refractivity contribution in [1.82, 2.24) is 30.2 Å². The Morgan fingerprint density at radius 1 is 0.578 bits per heavy atom. The van der Waals surface area contributed by atoms with E-state index in [0.29, 0.717) is 33.2 Å². The Labute approximate surface area is 276 Å². The second-order valence-corrected chi connectivity index (χ2v) is 20.2. The van der Waals surface area contributed by atoms with Crippen LogP contribution in [0.2, 0.25) is 0 Å². The summed E-state index contributed by atoms with van der Waals surface area (Å²) in [6.07, 6.45) is 25.8. The number of hydrogen-bond donors (Lipinski definition) is 2. The Balaban J connectivity index is 1.11. The number of fused-ring (bicyclic) bond motifs is 2. The zero-order chi connectivity index (χ0) is 31.0. The van der Waals surface area contributed by atoms with Crippen molar-refractivity contribution in [3.8, 4) is 0 Å². The van der Waals surface area contributed by atoms with E-state index in [1.165, 1.54) is 136 Å². The average molecular weight is 621 g/mol. The van der Waals surface area contributed by atoms with Crippen LogP contribution in [0.1, 0.15) is 129 Å². The van der Waals surface area contributed by atoms with Gasteiger partial charge in [-0.3, -0.25) is 14.7 Å². The predicted octanol–water partition coefficient (Wildman–Crippen LogP) is 6.08. The molecule has 2 N–H and O–H groups in total. The first kappa shape index (κ1) is 30.8. The lowest BCUT2D eigenvalue weighted by molar-refractivity contribution is -0.227. The molecule has 0 spiro atoms. The van der Waals surface area contributed by atoms with Crippen molar-refractivity contribution in [1.29, 1.82) is 0 Å². The lowest BCUT2D eigenvalue weighted by Crippen LogP contribution is -2.78.